The van der Waals surface area contributed by atoms with Gasteiger partial charge in [-0.2, -0.15) is 23.3 Å². The normalized spacial score (nSPS) is 11.6. The van der Waals surface area contributed by atoms with E-state index < -0.39 is 29.3 Å². The molecule has 2 amide bonds. The van der Waals surface area contributed by atoms with Gasteiger partial charge in [-0.25, -0.2) is 33.5 Å². The van der Waals surface area contributed by atoms with Crippen LogP contribution in [0.3, 0.4) is 0 Å². The number of aryl methyl sites for hydroxylation is 1. The van der Waals surface area contributed by atoms with Gasteiger partial charge in [-0.3, -0.25) is 0 Å². The third-order valence-electron chi connectivity index (χ3n) is 5.96. The van der Waals surface area contributed by atoms with Gasteiger partial charge in [0.15, 0.2) is 5.65 Å². The second-order valence-corrected chi connectivity index (χ2v) is 8.79. The molecule has 0 aliphatic rings. The Morgan fingerprint density at radius 3 is 2.55 bits per heavy atom. The fraction of sp³-hybridized carbons (Fsp3) is 0.192. The molecule has 0 radical (unpaired) electrons. The van der Waals surface area contributed by atoms with Crippen molar-refractivity contribution in [3.8, 4) is 11.3 Å². The zero-order valence-electron chi connectivity index (χ0n) is 21.3. The number of carbonyl (C=O) groups excluding carboxylic acids is 1. The summed E-state index contributed by atoms with van der Waals surface area (Å²) in [7, 11) is 1.77. The minimum atomic E-state index is -4.67. The highest BCUT2D eigenvalue weighted by Crippen LogP contribution is 2.32. The number of imidazole rings is 1. The van der Waals surface area contributed by atoms with Gasteiger partial charge in [-0.1, -0.05) is 19.1 Å². The van der Waals surface area contributed by atoms with Crippen LogP contribution in [0.25, 0.3) is 22.3 Å². The van der Waals surface area contributed by atoms with Gasteiger partial charge in [0, 0.05) is 43.4 Å². The van der Waals surface area contributed by atoms with Crippen LogP contribution in [0.15, 0.2) is 67.4 Å². The second-order valence-electron chi connectivity index (χ2n) is 8.79. The first-order valence-electron chi connectivity index (χ1n) is 12.1. The number of amides is 2. The molecule has 14 heteroatoms. The molecule has 5 rings (SSSR count). The lowest BCUT2D eigenvalue weighted by molar-refractivity contribution is -0.137. The molecule has 0 fully saturated rings. The largest absolute Gasteiger partial charge is 0.416 e. The van der Waals surface area contributed by atoms with Crippen LogP contribution in [0.5, 0.6) is 0 Å². The third-order valence-corrected chi connectivity index (χ3v) is 5.96. The van der Waals surface area contributed by atoms with Crippen LogP contribution < -0.4 is 15.6 Å². The molecule has 3 heterocycles. The van der Waals surface area contributed by atoms with Crippen LogP contribution in [0.1, 0.15) is 18.9 Å². The number of nitrogens with one attached hydrogen (secondary N) is 2. The standard InChI is InChI=1S/C26H23F4N9O/c1-3-11-39(38-12-10-31-15-38)24-32-14-19-22(36-37(2)23(19)35-24)16-4-7-18(8-5-16)33-25(40)34-21-13-17(26(28,29)30)6-9-20(21)27/h4-10,12-15H,3,11H2,1-2H3,(H2,33,34,40). The van der Waals surface area contributed by atoms with Gasteiger partial charge in [0.2, 0.25) is 5.95 Å². The Balaban J connectivity index is 1.34. The summed E-state index contributed by atoms with van der Waals surface area (Å²) in [6.45, 7) is 2.73. The molecule has 0 aliphatic carbocycles. The summed E-state index contributed by atoms with van der Waals surface area (Å²) >= 11 is 0. The number of benzene rings is 2. The highest BCUT2D eigenvalue weighted by atomic mass is 19.4. The van der Waals surface area contributed by atoms with E-state index in [-0.39, 0.29) is 0 Å². The predicted molar refractivity (Wildman–Crippen MR) is 141 cm³/mol. The van der Waals surface area contributed by atoms with Gasteiger partial charge < -0.3 is 10.6 Å². The molecule has 2 N–H and O–H groups in total. The summed E-state index contributed by atoms with van der Waals surface area (Å²) < 4.78 is 56.2. The van der Waals surface area contributed by atoms with Crippen molar-refractivity contribution in [2.75, 3.05) is 22.2 Å². The van der Waals surface area contributed by atoms with Gasteiger partial charge in [-0.15, -0.1) is 0 Å². The van der Waals surface area contributed by atoms with Crippen molar-refractivity contribution >= 4 is 34.4 Å². The number of urea groups is 1. The van der Waals surface area contributed by atoms with Gasteiger partial charge in [0.25, 0.3) is 0 Å². The van der Waals surface area contributed by atoms with Crippen LogP contribution in [0, 0.1) is 5.82 Å². The first-order chi connectivity index (χ1) is 19.1. The lowest BCUT2D eigenvalue weighted by atomic mass is 10.1. The van der Waals surface area contributed by atoms with Crippen LogP contribution in [-0.4, -0.2) is 42.0 Å². The Kier molecular flexibility index (Phi) is 7.07. The zero-order chi connectivity index (χ0) is 28.4. The van der Waals surface area contributed by atoms with E-state index in [9.17, 15) is 22.4 Å². The highest BCUT2D eigenvalue weighted by molar-refractivity contribution is 6.00. The van der Waals surface area contributed by atoms with Gasteiger partial charge in [0.05, 0.1) is 16.6 Å². The van der Waals surface area contributed by atoms with Gasteiger partial charge >= 0.3 is 12.2 Å². The molecule has 0 saturated heterocycles. The molecule has 5 aromatic rings. The summed E-state index contributed by atoms with van der Waals surface area (Å²) in [5.41, 5.74) is 0.627. The lowest BCUT2D eigenvalue weighted by Crippen LogP contribution is -2.30. The van der Waals surface area contributed by atoms with E-state index in [0.29, 0.717) is 53.1 Å². The van der Waals surface area contributed by atoms with E-state index in [0.717, 1.165) is 12.0 Å². The fourth-order valence-corrected chi connectivity index (χ4v) is 4.09. The third kappa shape index (κ3) is 5.41. The molecule has 10 nitrogen and oxygen atoms in total. The number of anilines is 3. The van der Waals surface area contributed by atoms with Crippen molar-refractivity contribution in [1.82, 2.24) is 29.4 Å². The maximum atomic E-state index is 14.0. The molecule has 0 saturated carbocycles. The first kappa shape index (κ1) is 26.6. The highest BCUT2D eigenvalue weighted by Gasteiger charge is 2.31. The van der Waals surface area contributed by atoms with Crippen molar-refractivity contribution in [3.05, 3.63) is 78.8 Å². The number of nitrogens with zero attached hydrogens (tertiary/aromatic N) is 7. The number of fused-ring (bicyclic) bond motifs is 1. The molecule has 3 aromatic heterocycles. The molecule has 0 unspecified atom stereocenters. The minimum Gasteiger partial charge on any atom is -0.308 e. The van der Waals surface area contributed by atoms with E-state index in [1.165, 1.54) is 0 Å². The maximum Gasteiger partial charge on any atom is 0.416 e. The SMILES string of the molecule is CCCN(c1ncc2c(-c3ccc(NC(=O)Nc4cc(C(F)(F)F)ccc4F)cc3)nn(C)c2n1)n1ccnc1. The number of carbonyl (C=O) groups is 1. The van der Waals surface area contributed by atoms with Crippen LogP contribution in [-0.2, 0) is 13.2 Å². The molecular weight excluding hydrogens is 530 g/mol. The lowest BCUT2D eigenvalue weighted by Gasteiger charge is -2.22. The quantitative estimate of drug-likeness (QED) is 0.250. The van der Waals surface area contributed by atoms with Crippen molar-refractivity contribution in [2.45, 2.75) is 19.5 Å². The van der Waals surface area contributed by atoms with Crippen molar-refractivity contribution in [1.29, 1.82) is 0 Å². The van der Waals surface area contributed by atoms with E-state index >= 15 is 0 Å². The van der Waals surface area contributed by atoms with Crippen molar-refractivity contribution < 1.29 is 22.4 Å². The number of aromatic nitrogens is 6. The number of hydrogen-bond acceptors (Lipinski definition) is 6. The number of rotatable bonds is 7. The minimum absolute atomic E-state index is 0.336. The fourth-order valence-electron chi connectivity index (χ4n) is 4.09. The van der Waals surface area contributed by atoms with Crippen LogP contribution >= 0.6 is 0 Å². The molecular formula is C26H23F4N9O. The smallest absolute Gasteiger partial charge is 0.308 e. The average Bonchev–Trinajstić information content (AvgIpc) is 3.57. The maximum absolute atomic E-state index is 14.0. The average molecular weight is 554 g/mol. The molecule has 0 atom stereocenters. The molecule has 206 valence electrons. The van der Waals surface area contributed by atoms with E-state index in [1.54, 1.807) is 54.7 Å². The number of halogens is 4. The molecule has 40 heavy (non-hydrogen) atoms. The predicted octanol–water partition coefficient (Wildman–Crippen LogP) is 5.71. The van der Waals surface area contributed by atoms with Crippen molar-refractivity contribution in [3.63, 3.8) is 0 Å². The summed E-state index contributed by atoms with van der Waals surface area (Å²) in [6.07, 6.45) is 3.04. The molecule has 2 aromatic carbocycles. The van der Waals surface area contributed by atoms with E-state index in [2.05, 4.69) is 32.6 Å². The molecule has 0 bridgehead atoms. The molecule has 0 aliphatic heterocycles. The Bertz CT molecular complexity index is 1650. The number of alkyl halides is 3. The van der Waals surface area contributed by atoms with Gasteiger partial charge in [-0.05, 0) is 36.8 Å². The Morgan fingerprint density at radius 1 is 1.10 bits per heavy atom. The summed E-state index contributed by atoms with van der Waals surface area (Å²) in [4.78, 5) is 25.7. The zero-order valence-corrected chi connectivity index (χ0v) is 21.3. The first-order valence-corrected chi connectivity index (χ1v) is 12.1. The van der Waals surface area contributed by atoms with Crippen LogP contribution in [0.4, 0.5) is 39.7 Å². The Labute approximate surface area is 225 Å². The molecule has 0 spiro atoms. The summed E-state index contributed by atoms with van der Waals surface area (Å²) in [5, 5.41) is 11.8. The van der Waals surface area contributed by atoms with E-state index in [1.807, 2.05) is 15.9 Å². The van der Waals surface area contributed by atoms with Crippen molar-refractivity contribution in [2.24, 2.45) is 7.05 Å². The van der Waals surface area contributed by atoms with Crippen LogP contribution in [0.2, 0.25) is 0 Å². The van der Waals surface area contributed by atoms with Gasteiger partial charge in [0.1, 0.15) is 17.8 Å². The summed E-state index contributed by atoms with van der Waals surface area (Å²) in [6, 6.07) is 7.50. The second kappa shape index (κ2) is 10.6. The number of hydrogen-bond donors (Lipinski definition) is 2. The summed E-state index contributed by atoms with van der Waals surface area (Å²) in [5.74, 6) is -0.501. The van der Waals surface area contributed by atoms with E-state index in [4.69, 9.17) is 4.98 Å². The topological polar surface area (TPSA) is 106 Å². The monoisotopic (exact) mass is 553 g/mol. The Hall–Kier alpha value is -5.01. The Morgan fingerprint density at radius 2 is 1.88 bits per heavy atom.